The van der Waals surface area contributed by atoms with Crippen molar-refractivity contribution in [3.8, 4) is 0 Å². The van der Waals surface area contributed by atoms with Crippen LogP contribution in [0.5, 0.6) is 0 Å². The third-order valence-corrected chi connectivity index (χ3v) is 10.9. The van der Waals surface area contributed by atoms with Crippen LogP contribution in [0.2, 0.25) is 0 Å². The maximum absolute atomic E-state index is 12.6. The number of nitrogens with zero attached hydrogens (tertiary/aromatic N) is 1. The van der Waals surface area contributed by atoms with Crippen LogP contribution in [0.3, 0.4) is 0 Å². The minimum absolute atomic E-state index is 0.179. The van der Waals surface area contributed by atoms with Crippen molar-refractivity contribution in [2.45, 2.75) is 147 Å². The molecule has 14 heteroatoms. The van der Waals surface area contributed by atoms with E-state index in [-0.39, 0.29) is 12.5 Å². The largest absolute Gasteiger partial charge is 0.382 e. The fraction of sp³-hybridized carbons (Fsp3) is 0.853. The number of ether oxygens (including phenoxy) is 2. The molecule has 5 atom stereocenters. The molecule has 1 aliphatic heterocycles. The SMILES string of the molecule is CCCCCCCCCCCCCCCNC(=S)NCCCCCCC[C@H]1C(OP(O)(=S)OC)[C@@H](COC)O[C@H]1n1ccc(=O)[nH]c1=O. The topological polar surface area (TPSA) is 136 Å². The maximum Gasteiger partial charge on any atom is 0.330 e. The highest BCUT2D eigenvalue weighted by Crippen LogP contribution is 2.50. The Bertz CT molecular complexity index is 1170. The third-order valence-electron chi connectivity index (χ3n) is 8.98. The molecule has 2 rings (SSSR count). The van der Waals surface area contributed by atoms with Gasteiger partial charge in [0, 0.05) is 45.5 Å². The molecule has 1 saturated heterocycles. The molecule has 1 aliphatic rings. The van der Waals surface area contributed by atoms with Gasteiger partial charge in [-0.2, -0.15) is 0 Å². The van der Waals surface area contributed by atoms with E-state index in [0.717, 1.165) is 56.7 Å². The lowest BCUT2D eigenvalue weighted by Crippen LogP contribution is -2.36. The van der Waals surface area contributed by atoms with Crippen LogP contribution in [-0.4, -0.2) is 65.7 Å². The van der Waals surface area contributed by atoms with Crippen LogP contribution < -0.4 is 21.9 Å². The predicted octanol–water partition coefficient (Wildman–Crippen LogP) is 6.84. The van der Waals surface area contributed by atoms with Crippen molar-refractivity contribution in [1.82, 2.24) is 20.2 Å². The van der Waals surface area contributed by atoms with E-state index >= 15 is 0 Å². The quantitative estimate of drug-likeness (QED) is 0.0409. The van der Waals surface area contributed by atoms with E-state index in [4.69, 9.17) is 42.5 Å². The van der Waals surface area contributed by atoms with E-state index in [1.54, 1.807) is 7.11 Å². The van der Waals surface area contributed by atoms with Gasteiger partial charge in [-0.15, -0.1) is 0 Å². The minimum atomic E-state index is -3.52. The van der Waals surface area contributed by atoms with Crippen molar-refractivity contribution in [2.75, 3.05) is 33.9 Å². The lowest BCUT2D eigenvalue weighted by atomic mass is 9.93. The van der Waals surface area contributed by atoms with E-state index in [1.807, 2.05) is 0 Å². The molecule has 4 N–H and O–H groups in total. The first-order chi connectivity index (χ1) is 23.2. The van der Waals surface area contributed by atoms with Crippen LogP contribution in [0.1, 0.15) is 135 Å². The highest BCUT2D eigenvalue weighted by molar-refractivity contribution is 8.07. The molecular weight excluding hydrogens is 672 g/mol. The first kappa shape index (κ1) is 43.0. The summed E-state index contributed by atoms with van der Waals surface area (Å²) in [6.45, 7) is 0.694. The van der Waals surface area contributed by atoms with Gasteiger partial charge in [-0.25, -0.2) is 4.79 Å². The molecule has 2 heterocycles. The molecule has 1 fully saturated rings. The van der Waals surface area contributed by atoms with E-state index < -0.39 is 36.4 Å². The molecule has 0 aromatic carbocycles. The second kappa shape index (κ2) is 25.7. The van der Waals surface area contributed by atoms with Gasteiger partial charge >= 0.3 is 12.4 Å². The number of rotatable bonds is 28. The number of methoxy groups -OCH3 is 1. The number of thiocarbonyl (C=S) groups is 1. The van der Waals surface area contributed by atoms with Gasteiger partial charge in [-0.1, -0.05) is 110 Å². The maximum atomic E-state index is 12.6. The average Bonchev–Trinajstić information content (AvgIpc) is 3.37. The molecule has 0 spiro atoms. The normalized spacial score (nSPS) is 20.5. The summed E-state index contributed by atoms with van der Waals surface area (Å²) in [7, 11) is 2.84. The van der Waals surface area contributed by atoms with E-state index in [9.17, 15) is 14.5 Å². The standard InChI is InChI=1S/C34H63N4O7PS2/c1-4-5-6-7-8-9-10-11-12-13-14-17-20-24-35-33(47)36-25-21-18-15-16-19-22-28-31(45-46(41,48)43-3)29(27-42-2)44-32(28)38-26-23-30(39)37-34(38)40/h23,26,28-29,31-32H,4-22,24-25,27H2,1-3H3,(H,41,48)(H2,35,36,47)(H,37,39,40)/t28-,29+,31?,32+,46?/m0/s1. The van der Waals surface area contributed by atoms with Crippen molar-refractivity contribution in [2.24, 2.45) is 5.92 Å². The molecule has 0 radical (unpaired) electrons. The zero-order valence-corrected chi connectivity index (χ0v) is 32.2. The summed E-state index contributed by atoms with van der Waals surface area (Å²) >= 11 is 10.6. The summed E-state index contributed by atoms with van der Waals surface area (Å²) < 4.78 is 23.8. The monoisotopic (exact) mass is 734 g/mol. The number of aromatic nitrogens is 2. The van der Waals surface area contributed by atoms with Crippen molar-refractivity contribution in [1.29, 1.82) is 0 Å². The number of hydrogen-bond acceptors (Lipinski definition) is 8. The molecule has 1 aromatic heterocycles. The number of nitrogens with one attached hydrogen (secondary N) is 3. The van der Waals surface area contributed by atoms with Crippen molar-refractivity contribution >= 4 is 35.9 Å². The zero-order valence-electron chi connectivity index (χ0n) is 29.6. The van der Waals surface area contributed by atoms with E-state index in [2.05, 4.69) is 22.5 Å². The fourth-order valence-electron chi connectivity index (χ4n) is 6.29. The highest BCUT2D eigenvalue weighted by Gasteiger charge is 2.48. The Morgan fingerprint density at radius 1 is 0.896 bits per heavy atom. The summed E-state index contributed by atoms with van der Waals surface area (Å²) in [6.07, 6.45) is 22.7. The molecule has 0 aliphatic carbocycles. The molecule has 1 aromatic rings. The Balaban J connectivity index is 1.61. The Hall–Kier alpha value is -1.18. The van der Waals surface area contributed by atoms with Crippen LogP contribution in [0.15, 0.2) is 21.9 Å². The molecule has 2 unspecified atom stereocenters. The smallest absolute Gasteiger partial charge is 0.330 e. The van der Waals surface area contributed by atoms with Crippen LogP contribution >= 0.6 is 18.9 Å². The van der Waals surface area contributed by atoms with Gasteiger partial charge in [-0.3, -0.25) is 14.3 Å². The predicted molar refractivity (Wildman–Crippen MR) is 201 cm³/mol. The van der Waals surface area contributed by atoms with Gasteiger partial charge in [0.15, 0.2) is 5.11 Å². The van der Waals surface area contributed by atoms with Crippen LogP contribution in [0.25, 0.3) is 0 Å². The molecule has 0 saturated carbocycles. The lowest BCUT2D eigenvalue weighted by Gasteiger charge is -2.27. The molecule has 0 amide bonds. The van der Waals surface area contributed by atoms with Gasteiger partial charge in [0.1, 0.15) is 18.4 Å². The number of aromatic amines is 1. The van der Waals surface area contributed by atoms with Crippen molar-refractivity contribution < 1.29 is 23.4 Å². The van der Waals surface area contributed by atoms with Crippen molar-refractivity contribution in [3.05, 3.63) is 33.1 Å². The summed E-state index contributed by atoms with van der Waals surface area (Å²) in [5, 5.41) is 7.39. The van der Waals surface area contributed by atoms with Gasteiger partial charge in [0.05, 0.1) is 6.61 Å². The van der Waals surface area contributed by atoms with Crippen LogP contribution in [0, 0.1) is 5.92 Å². The van der Waals surface area contributed by atoms with Gasteiger partial charge in [0.25, 0.3) is 5.56 Å². The molecule has 278 valence electrons. The first-order valence-corrected chi connectivity index (χ1v) is 21.3. The van der Waals surface area contributed by atoms with Gasteiger partial charge in [0.2, 0.25) is 0 Å². The minimum Gasteiger partial charge on any atom is -0.382 e. The zero-order chi connectivity index (χ0) is 35.0. The number of unbranched alkanes of at least 4 members (excludes halogenated alkanes) is 16. The molecule has 11 nitrogen and oxygen atoms in total. The Morgan fingerprint density at radius 3 is 1.92 bits per heavy atom. The molecule has 48 heavy (non-hydrogen) atoms. The van der Waals surface area contributed by atoms with Crippen LogP contribution in [0.4, 0.5) is 0 Å². The lowest BCUT2D eigenvalue weighted by molar-refractivity contribution is -0.0550. The highest BCUT2D eigenvalue weighted by atomic mass is 32.5. The fourth-order valence-corrected chi connectivity index (χ4v) is 7.48. The van der Waals surface area contributed by atoms with Gasteiger partial charge in [-0.05, 0) is 43.3 Å². The van der Waals surface area contributed by atoms with Crippen molar-refractivity contribution in [3.63, 3.8) is 0 Å². The second-order valence-electron chi connectivity index (χ2n) is 12.9. The Morgan fingerprint density at radius 2 is 1.42 bits per heavy atom. The van der Waals surface area contributed by atoms with E-state index in [1.165, 1.54) is 101 Å². The number of H-pyrrole nitrogens is 1. The number of hydrogen-bond donors (Lipinski definition) is 4. The van der Waals surface area contributed by atoms with Crippen LogP contribution in [-0.2, 0) is 30.3 Å². The average molecular weight is 735 g/mol. The molecular formula is C34H63N4O7PS2. The van der Waals surface area contributed by atoms with Gasteiger partial charge < -0.3 is 34.0 Å². The summed E-state index contributed by atoms with van der Waals surface area (Å²) in [4.78, 5) is 37.1. The Labute approximate surface area is 298 Å². The second-order valence-corrected chi connectivity index (χ2v) is 16.2. The summed E-state index contributed by atoms with van der Waals surface area (Å²) in [6, 6.07) is 1.28. The first-order valence-electron chi connectivity index (χ1n) is 18.3. The summed E-state index contributed by atoms with van der Waals surface area (Å²) in [5.41, 5.74) is -1.06. The van der Waals surface area contributed by atoms with E-state index in [0.29, 0.717) is 6.42 Å². The summed E-state index contributed by atoms with van der Waals surface area (Å²) in [5.74, 6) is -0.321. The molecule has 0 bridgehead atoms. The Kier molecular flexibility index (Phi) is 23.0. The third kappa shape index (κ3) is 17.7.